The van der Waals surface area contributed by atoms with Crippen LogP contribution in [-0.2, 0) is 12.0 Å². The number of aliphatic hydroxyl groups is 1. The van der Waals surface area contributed by atoms with E-state index < -0.39 is 0 Å². The summed E-state index contributed by atoms with van der Waals surface area (Å²) in [6.45, 7) is 12.5. The molecule has 1 aromatic rings. The van der Waals surface area contributed by atoms with Gasteiger partial charge in [-0.1, -0.05) is 20.8 Å². The molecule has 2 heterocycles. The first-order valence-electron chi connectivity index (χ1n) is 7.36. The minimum atomic E-state index is 0.0570. The zero-order valence-electron chi connectivity index (χ0n) is 12.8. The van der Waals surface area contributed by atoms with Crippen LogP contribution in [0.3, 0.4) is 0 Å². The molecule has 5 heteroatoms. The van der Waals surface area contributed by atoms with Gasteiger partial charge < -0.3 is 5.11 Å². The summed E-state index contributed by atoms with van der Waals surface area (Å²) in [4.78, 5) is 13.8. The number of piperazine rings is 1. The molecule has 1 fully saturated rings. The van der Waals surface area contributed by atoms with E-state index in [9.17, 15) is 0 Å². The maximum absolute atomic E-state index is 8.94. The molecule has 1 aliphatic heterocycles. The van der Waals surface area contributed by atoms with Crippen LogP contribution in [0.25, 0.3) is 0 Å². The molecule has 112 valence electrons. The summed E-state index contributed by atoms with van der Waals surface area (Å²) < 4.78 is 0. The standard InChI is InChI=1S/C15H26N4O/c1-15(2,3)14-11-16-13(10-17-14)12-19-6-4-18(5-7-19)8-9-20/h10-11,20H,4-9,12H2,1-3H3. The maximum Gasteiger partial charge on any atom is 0.0727 e. The quantitative estimate of drug-likeness (QED) is 0.886. The molecule has 0 atom stereocenters. The largest absolute Gasteiger partial charge is 0.395 e. The van der Waals surface area contributed by atoms with Gasteiger partial charge in [-0.25, -0.2) is 0 Å². The van der Waals surface area contributed by atoms with E-state index in [0.717, 1.165) is 50.7 Å². The Morgan fingerprint density at radius 2 is 1.70 bits per heavy atom. The Bertz CT molecular complexity index is 405. The summed E-state index contributed by atoms with van der Waals surface area (Å²) in [6.07, 6.45) is 3.80. The molecular formula is C15H26N4O. The van der Waals surface area contributed by atoms with Gasteiger partial charge in [-0.3, -0.25) is 19.8 Å². The molecule has 0 saturated carbocycles. The third-order valence-corrected chi connectivity index (χ3v) is 3.74. The summed E-state index contributed by atoms with van der Waals surface area (Å²) in [5, 5.41) is 8.94. The zero-order valence-corrected chi connectivity index (χ0v) is 12.8. The highest BCUT2D eigenvalue weighted by Gasteiger charge is 2.18. The van der Waals surface area contributed by atoms with E-state index in [1.807, 2.05) is 12.4 Å². The highest BCUT2D eigenvalue weighted by atomic mass is 16.3. The first-order chi connectivity index (χ1) is 9.49. The van der Waals surface area contributed by atoms with Crippen molar-refractivity contribution in [2.24, 2.45) is 0 Å². The monoisotopic (exact) mass is 278 g/mol. The third kappa shape index (κ3) is 4.23. The van der Waals surface area contributed by atoms with Gasteiger partial charge in [0.15, 0.2) is 0 Å². The van der Waals surface area contributed by atoms with Crippen molar-refractivity contribution in [3.8, 4) is 0 Å². The Labute approximate surface area is 121 Å². The van der Waals surface area contributed by atoms with E-state index >= 15 is 0 Å². The van der Waals surface area contributed by atoms with Crippen LogP contribution in [0.15, 0.2) is 12.4 Å². The molecule has 1 aromatic heterocycles. The Morgan fingerprint density at radius 3 is 2.20 bits per heavy atom. The van der Waals surface area contributed by atoms with Crippen LogP contribution < -0.4 is 0 Å². The van der Waals surface area contributed by atoms with Crippen molar-refractivity contribution in [3.63, 3.8) is 0 Å². The second kappa shape index (κ2) is 6.61. The number of hydrogen-bond donors (Lipinski definition) is 1. The molecular weight excluding hydrogens is 252 g/mol. The SMILES string of the molecule is CC(C)(C)c1cnc(CN2CCN(CCO)CC2)cn1. The minimum absolute atomic E-state index is 0.0570. The number of hydrogen-bond acceptors (Lipinski definition) is 5. The second-order valence-corrected chi connectivity index (χ2v) is 6.48. The fraction of sp³-hybridized carbons (Fsp3) is 0.733. The van der Waals surface area contributed by atoms with Gasteiger partial charge >= 0.3 is 0 Å². The zero-order chi connectivity index (χ0) is 14.6. The highest BCUT2D eigenvalue weighted by molar-refractivity contribution is 5.10. The molecule has 0 bridgehead atoms. The number of aliphatic hydroxyl groups excluding tert-OH is 1. The molecule has 0 aliphatic carbocycles. The summed E-state index contributed by atoms with van der Waals surface area (Å²) in [5.41, 5.74) is 2.13. The highest BCUT2D eigenvalue weighted by Crippen LogP contribution is 2.18. The molecule has 0 spiro atoms. The van der Waals surface area contributed by atoms with Crippen molar-refractivity contribution in [2.45, 2.75) is 32.7 Å². The Balaban J connectivity index is 1.85. The van der Waals surface area contributed by atoms with E-state index in [1.54, 1.807) is 0 Å². The van der Waals surface area contributed by atoms with Gasteiger partial charge in [0.2, 0.25) is 0 Å². The lowest BCUT2D eigenvalue weighted by molar-refractivity contribution is 0.107. The van der Waals surface area contributed by atoms with Crippen LogP contribution in [-0.4, -0.2) is 64.2 Å². The van der Waals surface area contributed by atoms with Crippen molar-refractivity contribution >= 4 is 0 Å². The van der Waals surface area contributed by atoms with Crippen LogP contribution in [0.4, 0.5) is 0 Å². The topological polar surface area (TPSA) is 52.5 Å². The van der Waals surface area contributed by atoms with Gasteiger partial charge in [-0.05, 0) is 0 Å². The van der Waals surface area contributed by atoms with E-state index in [2.05, 4.69) is 40.5 Å². The number of aromatic nitrogens is 2. The first-order valence-corrected chi connectivity index (χ1v) is 7.36. The molecule has 0 aromatic carbocycles. The van der Waals surface area contributed by atoms with Crippen molar-refractivity contribution in [1.82, 2.24) is 19.8 Å². The van der Waals surface area contributed by atoms with Crippen molar-refractivity contribution in [3.05, 3.63) is 23.8 Å². The van der Waals surface area contributed by atoms with Crippen LogP contribution >= 0.6 is 0 Å². The number of rotatable bonds is 4. The second-order valence-electron chi connectivity index (χ2n) is 6.48. The Morgan fingerprint density at radius 1 is 1.05 bits per heavy atom. The summed E-state index contributed by atoms with van der Waals surface area (Å²) in [5.74, 6) is 0. The number of nitrogens with zero attached hydrogens (tertiary/aromatic N) is 4. The molecule has 0 unspecified atom stereocenters. The number of β-amino-alcohol motifs (C(OH)–C–C–N with tert-alkyl or cyclic N) is 1. The summed E-state index contributed by atoms with van der Waals surface area (Å²) >= 11 is 0. The predicted molar refractivity (Wildman–Crippen MR) is 79.5 cm³/mol. The lowest BCUT2D eigenvalue weighted by Crippen LogP contribution is -2.46. The van der Waals surface area contributed by atoms with Crippen LogP contribution in [0.2, 0.25) is 0 Å². The van der Waals surface area contributed by atoms with Crippen molar-refractivity contribution < 1.29 is 5.11 Å². The van der Waals surface area contributed by atoms with Crippen molar-refractivity contribution in [2.75, 3.05) is 39.3 Å². The van der Waals surface area contributed by atoms with E-state index in [-0.39, 0.29) is 12.0 Å². The predicted octanol–water partition coefficient (Wildman–Crippen LogP) is 0.884. The maximum atomic E-state index is 8.94. The van der Waals surface area contributed by atoms with Gasteiger partial charge in [-0.15, -0.1) is 0 Å². The smallest absolute Gasteiger partial charge is 0.0727 e. The molecule has 1 aliphatic rings. The fourth-order valence-corrected chi connectivity index (χ4v) is 2.37. The lowest BCUT2D eigenvalue weighted by atomic mass is 9.93. The van der Waals surface area contributed by atoms with Gasteiger partial charge in [0, 0.05) is 50.9 Å². The van der Waals surface area contributed by atoms with Gasteiger partial charge in [0.05, 0.1) is 24.2 Å². The molecule has 20 heavy (non-hydrogen) atoms. The lowest BCUT2D eigenvalue weighted by Gasteiger charge is -2.34. The van der Waals surface area contributed by atoms with Crippen molar-refractivity contribution in [1.29, 1.82) is 0 Å². The van der Waals surface area contributed by atoms with Crippen LogP contribution in [0.5, 0.6) is 0 Å². The van der Waals surface area contributed by atoms with Gasteiger partial charge in [0.1, 0.15) is 0 Å². The molecule has 2 rings (SSSR count). The molecule has 5 nitrogen and oxygen atoms in total. The average Bonchev–Trinajstić information content (AvgIpc) is 2.41. The molecule has 1 N–H and O–H groups in total. The van der Waals surface area contributed by atoms with Crippen LogP contribution in [0, 0.1) is 0 Å². The Kier molecular flexibility index (Phi) is 5.07. The van der Waals surface area contributed by atoms with E-state index in [4.69, 9.17) is 5.11 Å². The molecule has 1 saturated heterocycles. The van der Waals surface area contributed by atoms with Gasteiger partial charge in [0.25, 0.3) is 0 Å². The minimum Gasteiger partial charge on any atom is -0.395 e. The van der Waals surface area contributed by atoms with Gasteiger partial charge in [-0.2, -0.15) is 0 Å². The Hall–Kier alpha value is -1.04. The summed E-state index contributed by atoms with van der Waals surface area (Å²) in [6, 6.07) is 0. The fourth-order valence-electron chi connectivity index (χ4n) is 2.37. The molecule has 0 radical (unpaired) electrons. The first kappa shape index (κ1) is 15.4. The normalized spacial score (nSPS) is 18.4. The van der Waals surface area contributed by atoms with E-state index in [1.165, 1.54) is 0 Å². The third-order valence-electron chi connectivity index (χ3n) is 3.74. The van der Waals surface area contributed by atoms with Crippen LogP contribution in [0.1, 0.15) is 32.2 Å². The molecule has 0 amide bonds. The average molecular weight is 278 g/mol. The summed E-state index contributed by atoms with van der Waals surface area (Å²) in [7, 11) is 0. The van der Waals surface area contributed by atoms with E-state index in [0.29, 0.717) is 0 Å².